The van der Waals surface area contributed by atoms with Gasteiger partial charge in [0.25, 0.3) is 0 Å². The van der Waals surface area contributed by atoms with Crippen molar-refractivity contribution in [3.63, 3.8) is 0 Å². The Balaban J connectivity index is 1.62. The third-order valence-electron chi connectivity index (χ3n) is 4.62. The molecular formula is C18H23NO. The van der Waals surface area contributed by atoms with E-state index in [9.17, 15) is 4.79 Å². The maximum absolute atomic E-state index is 12.5. The number of amides is 1. The smallest absolute Gasteiger partial charge is 0.225 e. The van der Waals surface area contributed by atoms with Gasteiger partial charge in [0.05, 0.1) is 0 Å². The molecule has 0 spiro atoms. The summed E-state index contributed by atoms with van der Waals surface area (Å²) in [4.78, 5) is 14.6. The summed E-state index contributed by atoms with van der Waals surface area (Å²) in [6.45, 7) is 1.68. The van der Waals surface area contributed by atoms with Gasteiger partial charge in [0.15, 0.2) is 0 Å². The van der Waals surface area contributed by atoms with Gasteiger partial charge >= 0.3 is 0 Å². The van der Waals surface area contributed by atoms with E-state index in [1.165, 1.54) is 30.4 Å². The fourth-order valence-corrected chi connectivity index (χ4v) is 3.39. The molecule has 0 bridgehead atoms. The summed E-state index contributed by atoms with van der Waals surface area (Å²) < 4.78 is 0. The summed E-state index contributed by atoms with van der Waals surface area (Å²) in [7, 11) is 0. The first-order valence-corrected chi connectivity index (χ1v) is 7.88. The molecule has 1 aromatic rings. The van der Waals surface area contributed by atoms with E-state index in [-0.39, 0.29) is 0 Å². The Morgan fingerprint density at radius 3 is 2.45 bits per heavy atom. The van der Waals surface area contributed by atoms with Crippen molar-refractivity contribution in [3.8, 4) is 0 Å². The number of benzene rings is 1. The predicted octanol–water partition coefficient (Wildman–Crippen LogP) is 3.88. The number of rotatable bonds is 2. The van der Waals surface area contributed by atoms with Crippen LogP contribution in [0.1, 0.15) is 44.1 Å². The summed E-state index contributed by atoms with van der Waals surface area (Å²) in [5.74, 6) is 0.698. The quantitative estimate of drug-likeness (QED) is 0.798. The molecule has 1 aliphatic heterocycles. The molecule has 20 heavy (non-hydrogen) atoms. The van der Waals surface area contributed by atoms with Crippen LogP contribution in [-0.2, 0) is 4.79 Å². The van der Waals surface area contributed by atoms with E-state index >= 15 is 0 Å². The molecule has 0 saturated heterocycles. The van der Waals surface area contributed by atoms with Crippen LogP contribution in [0.4, 0.5) is 0 Å². The maximum atomic E-state index is 12.5. The summed E-state index contributed by atoms with van der Waals surface area (Å²) in [6, 6.07) is 10.5. The fourth-order valence-electron chi connectivity index (χ4n) is 3.39. The van der Waals surface area contributed by atoms with Crippen LogP contribution in [0.15, 0.2) is 36.4 Å². The molecule has 0 N–H and O–H groups in total. The number of hydrogen-bond acceptors (Lipinski definition) is 1. The monoisotopic (exact) mass is 269 g/mol. The molecule has 1 heterocycles. The molecule has 2 heteroatoms. The van der Waals surface area contributed by atoms with Crippen LogP contribution in [0.2, 0.25) is 0 Å². The highest BCUT2D eigenvalue weighted by Crippen LogP contribution is 2.28. The van der Waals surface area contributed by atoms with Crippen molar-refractivity contribution >= 4 is 11.5 Å². The zero-order valence-corrected chi connectivity index (χ0v) is 12.1. The molecule has 0 radical (unpaired) electrons. The Morgan fingerprint density at radius 2 is 1.80 bits per heavy atom. The zero-order valence-electron chi connectivity index (χ0n) is 12.1. The van der Waals surface area contributed by atoms with Gasteiger partial charge in [-0.2, -0.15) is 0 Å². The molecular weight excluding hydrogens is 246 g/mol. The molecule has 106 valence electrons. The molecule has 1 aromatic carbocycles. The van der Waals surface area contributed by atoms with E-state index in [0.29, 0.717) is 11.8 Å². The summed E-state index contributed by atoms with van der Waals surface area (Å²) in [5.41, 5.74) is 2.69. The van der Waals surface area contributed by atoms with E-state index < -0.39 is 0 Å². The van der Waals surface area contributed by atoms with Gasteiger partial charge in [-0.3, -0.25) is 4.79 Å². The first-order valence-electron chi connectivity index (χ1n) is 7.88. The zero-order chi connectivity index (χ0) is 13.8. The Labute approximate surface area is 121 Å². The summed E-state index contributed by atoms with van der Waals surface area (Å²) >= 11 is 0. The molecule has 0 unspecified atom stereocenters. The molecule has 1 saturated carbocycles. The van der Waals surface area contributed by atoms with Crippen LogP contribution in [-0.4, -0.2) is 23.9 Å². The van der Waals surface area contributed by atoms with Gasteiger partial charge in [-0.05, 0) is 30.4 Å². The molecule has 0 aromatic heterocycles. The minimum Gasteiger partial charge on any atom is -0.338 e. The Morgan fingerprint density at radius 1 is 1.05 bits per heavy atom. The normalized spacial score (nSPS) is 20.6. The topological polar surface area (TPSA) is 20.3 Å². The van der Waals surface area contributed by atoms with Crippen molar-refractivity contribution in [1.29, 1.82) is 0 Å². The first-order chi connectivity index (χ1) is 9.84. The van der Waals surface area contributed by atoms with E-state index in [4.69, 9.17) is 0 Å². The van der Waals surface area contributed by atoms with Gasteiger partial charge in [0.1, 0.15) is 0 Å². The molecule has 1 amide bonds. The Hall–Kier alpha value is -1.57. The molecule has 2 nitrogen and oxygen atoms in total. The van der Waals surface area contributed by atoms with E-state index in [2.05, 4.69) is 35.2 Å². The van der Waals surface area contributed by atoms with Crippen LogP contribution >= 0.6 is 0 Å². The van der Waals surface area contributed by atoms with Gasteiger partial charge in [-0.25, -0.2) is 0 Å². The highest BCUT2D eigenvalue weighted by atomic mass is 16.2. The van der Waals surface area contributed by atoms with Crippen LogP contribution in [0.3, 0.4) is 0 Å². The van der Waals surface area contributed by atoms with Gasteiger partial charge in [-0.15, -0.1) is 0 Å². The second-order valence-corrected chi connectivity index (χ2v) is 5.96. The second-order valence-electron chi connectivity index (χ2n) is 5.96. The van der Waals surface area contributed by atoms with E-state index in [1.807, 2.05) is 6.07 Å². The van der Waals surface area contributed by atoms with Gasteiger partial charge < -0.3 is 4.90 Å². The minimum absolute atomic E-state index is 0.301. The van der Waals surface area contributed by atoms with Crippen LogP contribution in [0.5, 0.6) is 0 Å². The Bertz CT molecular complexity index is 485. The van der Waals surface area contributed by atoms with Crippen molar-refractivity contribution in [2.75, 3.05) is 13.1 Å². The van der Waals surface area contributed by atoms with Gasteiger partial charge in [0.2, 0.25) is 5.91 Å². The van der Waals surface area contributed by atoms with Crippen molar-refractivity contribution in [3.05, 3.63) is 42.0 Å². The number of carbonyl (C=O) groups excluding carboxylic acids is 1. The van der Waals surface area contributed by atoms with E-state index in [0.717, 1.165) is 32.4 Å². The molecule has 1 aliphatic carbocycles. The first kappa shape index (κ1) is 13.4. The average Bonchev–Trinajstić information content (AvgIpc) is 2.56. The maximum Gasteiger partial charge on any atom is 0.225 e. The summed E-state index contributed by atoms with van der Waals surface area (Å²) in [5, 5.41) is 0. The number of nitrogens with zero attached hydrogens (tertiary/aromatic N) is 1. The lowest BCUT2D eigenvalue weighted by atomic mass is 9.87. The molecule has 2 aliphatic rings. The highest BCUT2D eigenvalue weighted by molar-refractivity contribution is 5.80. The fraction of sp³-hybridized carbons (Fsp3) is 0.500. The van der Waals surface area contributed by atoms with Crippen LogP contribution < -0.4 is 0 Å². The van der Waals surface area contributed by atoms with Crippen molar-refractivity contribution < 1.29 is 4.79 Å². The molecule has 0 atom stereocenters. The van der Waals surface area contributed by atoms with Gasteiger partial charge in [-0.1, -0.05) is 55.7 Å². The van der Waals surface area contributed by atoms with Crippen LogP contribution in [0.25, 0.3) is 5.57 Å². The number of hydrogen-bond donors (Lipinski definition) is 0. The number of carbonyl (C=O) groups is 1. The molecule has 1 fully saturated rings. The third kappa shape index (κ3) is 2.95. The van der Waals surface area contributed by atoms with Crippen molar-refractivity contribution in [2.45, 2.75) is 38.5 Å². The van der Waals surface area contributed by atoms with Crippen LogP contribution in [0, 0.1) is 5.92 Å². The van der Waals surface area contributed by atoms with Crippen molar-refractivity contribution in [1.82, 2.24) is 4.90 Å². The summed E-state index contributed by atoms with van der Waals surface area (Å²) in [6.07, 6.45) is 9.20. The lowest BCUT2D eigenvalue weighted by Crippen LogP contribution is -2.39. The Kier molecular flexibility index (Phi) is 4.19. The highest BCUT2D eigenvalue weighted by Gasteiger charge is 2.26. The van der Waals surface area contributed by atoms with Crippen molar-refractivity contribution in [2.24, 2.45) is 5.92 Å². The predicted molar refractivity (Wildman–Crippen MR) is 82.2 cm³/mol. The standard InChI is InChI=1S/C18H23NO/c20-18(17-9-5-2-6-10-17)19-13-11-16(12-14-19)15-7-3-1-4-8-15/h1,3-4,7-8,11,17H,2,5-6,9-10,12-14H2. The largest absolute Gasteiger partial charge is 0.338 e. The second kappa shape index (κ2) is 6.25. The van der Waals surface area contributed by atoms with Gasteiger partial charge in [0, 0.05) is 19.0 Å². The lowest BCUT2D eigenvalue weighted by Gasteiger charge is -2.31. The SMILES string of the molecule is O=C(C1CCCCC1)N1CC=C(c2ccccc2)CC1. The molecule has 3 rings (SSSR count). The average molecular weight is 269 g/mol. The lowest BCUT2D eigenvalue weighted by molar-refractivity contribution is -0.136. The third-order valence-corrected chi connectivity index (χ3v) is 4.62. The van der Waals surface area contributed by atoms with E-state index in [1.54, 1.807) is 0 Å². The minimum atomic E-state index is 0.301.